The number of nitro benzene ring substituents is 1. The summed E-state index contributed by atoms with van der Waals surface area (Å²) in [7, 11) is 0. The second-order valence-corrected chi connectivity index (χ2v) is 8.10. The molecule has 0 aliphatic carbocycles. The molecule has 0 aromatic heterocycles. The van der Waals surface area contributed by atoms with Crippen molar-refractivity contribution >= 4 is 55.6 Å². The van der Waals surface area contributed by atoms with Crippen molar-refractivity contribution in [3.63, 3.8) is 0 Å². The molecule has 168 valence electrons. The lowest BCUT2D eigenvalue weighted by Crippen LogP contribution is -2.24. The van der Waals surface area contributed by atoms with Gasteiger partial charge in [0.05, 0.1) is 21.2 Å². The summed E-state index contributed by atoms with van der Waals surface area (Å²) in [5, 5.41) is 14.6. The number of hydrogen-bond donors (Lipinski definition) is 1. The summed E-state index contributed by atoms with van der Waals surface area (Å²) in [5.41, 5.74) is 3.29. The molecule has 0 saturated carbocycles. The number of amides is 1. The molecule has 0 unspecified atom stereocenters. The van der Waals surface area contributed by atoms with E-state index in [1.165, 1.54) is 24.4 Å². The fourth-order valence-electron chi connectivity index (χ4n) is 2.49. The van der Waals surface area contributed by atoms with Crippen LogP contribution < -0.4 is 14.9 Å². The average molecular weight is 577 g/mol. The van der Waals surface area contributed by atoms with Crippen LogP contribution in [0.5, 0.6) is 11.5 Å². The Balaban J connectivity index is 1.48. The Bertz CT molecular complexity index is 1220. The maximum Gasteiger partial charge on any atom is 0.344 e. The average Bonchev–Trinajstić information content (AvgIpc) is 2.79. The highest BCUT2D eigenvalue weighted by Crippen LogP contribution is 2.29. The lowest BCUT2D eigenvalue weighted by Gasteiger charge is -2.07. The number of nitro groups is 1. The number of ether oxygens (including phenoxy) is 2. The first kappa shape index (κ1) is 24.1. The van der Waals surface area contributed by atoms with Gasteiger partial charge in [-0.25, -0.2) is 10.2 Å². The summed E-state index contributed by atoms with van der Waals surface area (Å²) in [6.07, 6.45) is 1.42. The van der Waals surface area contributed by atoms with Gasteiger partial charge in [-0.3, -0.25) is 14.9 Å². The minimum Gasteiger partial charge on any atom is -0.483 e. The predicted molar refractivity (Wildman–Crippen MR) is 128 cm³/mol. The number of nitrogens with zero attached hydrogens (tertiary/aromatic N) is 2. The van der Waals surface area contributed by atoms with Crippen molar-refractivity contribution in [2.45, 2.75) is 0 Å². The van der Waals surface area contributed by atoms with Gasteiger partial charge >= 0.3 is 5.97 Å². The monoisotopic (exact) mass is 575 g/mol. The Kier molecular flexibility index (Phi) is 8.28. The number of carbonyl (C=O) groups is 2. The van der Waals surface area contributed by atoms with Crippen LogP contribution in [-0.4, -0.2) is 29.6 Å². The van der Waals surface area contributed by atoms with Crippen molar-refractivity contribution in [3.05, 3.63) is 96.9 Å². The number of halogens is 2. The van der Waals surface area contributed by atoms with Gasteiger partial charge in [0.15, 0.2) is 6.61 Å². The van der Waals surface area contributed by atoms with E-state index in [1.807, 2.05) is 0 Å². The molecule has 9 nitrogen and oxygen atoms in total. The molecule has 0 radical (unpaired) electrons. The fourth-order valence-corrected chi connectivity index (χ4v) is 3.41. The molecule has 1 N–H and O–H groups in total. The SMILES string of the molecule is O=C(COc1ccc([N+](=O)[O-])cc1Br)N/N=C\c1ccc(OC(=O)c2ccccc2Br)cc1. The number of carbonyl (C=O) groups excluding carboxylic acids is 2. The minimum absolute atomic E-state index is 0.100. The molecular formula is C22H15Br2N3O6. The second-order valence-electron chi connectivity index (χ2n) is 6.39. The third-order valence-corrected chi connectivity index (χ3v) is 5.38. The quantitative estimate of drug-likeness (QED) is 0.134. The summed E-state index contributed by atoms with van der Waals surface area (Å²) >= 11 is 6.47. The minimum atomic E-state index is -0.533. The van der Waals surface area contributed by atoms with Crippen molar-refractivity contribution in [1.82, 2.24) is 5.43 Å². The highest BCUT2D eigenvalue weighted by atomic mass is 79.9. The van der Waals surface area contributed by atoms with Crippen molar-refractivity contribution in [3.8, 4) is 11.5 Å². The van der Waals surface area contributed by atoms with E-state index in [-0.39, 0.29) is 18.0 Å². The number of hydrogen-bond acceptors (Lipinski definition) is 7. The zero-order valence-electron chi connectivity index (χ0n) is 16.7. The number of rotatable bonds is 8. The highest BCUT2D eigenvalue weighted by molar-refractivity contribution is 9.10. The normalized spacial score (nSPS) is 10.6. The van der Waals surface area contributed by atoms with Crippen LogP contribution in [0.15, 0.2) is 80.8 Å². The van der Waals surface area contributed by atoms with Gasteiger partial charge in [0, 0.05) is 16.6 Å². The van der Waals surface area contributed by atoms with Gasteiger partial charge in [-0.05, 0) is 79.9 Å². The molecule has 3 rings (SSSR count). The molecule has 0 aliphatic heterocycles. The molecule has 0 fully saturated rings. The Morgan fingerprint density at radius 1 is 1.03 bits per heavy atom. The van der Waals surface area contributed by atoms with Crippen molar-refractivity contribution in [2.24, 2.45) is 5.10 Å². The van der Waals surface area contributed by atoms with Gasteiger partial charge in [0.1, 0.15) is 11.5 Å². The number of esters is 1. The number of benzene rings is 3. The summed E-state index contributed by atoms with van der Waals surface area (Å²) in [6, 6.07) is 17.4. The predicted octanol–water partition coefficient (Wildman–Crippen LogP) is 4.87. The standard InChI is InChI=1S/C22H15Br2N3O6/c23-18-4-2-1-3-17(18)22(29)33-16-8-5-14(6-9-16)12-25-26-21(28)13-32-20-10-7-15(27(30)31)11-19(20)24/h1-12H,13H2,(H,26,28)/b25-12-. The molecule has 0 heterocycles. The number of non-ortho nitro benzene ring substituents is 1. The van der Waals surface area contributed by atoms with Crippen LogP contribution >= 0.6 is 31.9 Å². The first-order valence-electron chi connectivity index (χ1n) is 9.29. The van der Waals surface area contributed by atoms with Crippen molar-refractivity contribution < 1.29 is 24.0 Å². The van der Waals surface area contributed by atoms with E-state index in [2.05, 4.69) is 42.4 Å². The van der Waals surface area contributed by atoms with Gasteiger partial charge in [0.2, 0.25) is 0 Å². The molecular weight excluding hydrogens is 562 g/mol. The van der Waals surface area contributed by atoms with Crippen LogP contribution in [0.1, 0.15) is 15.9 Å². The zero-order valence-corrected chi connectivity index (χ0v) is 19.9. The fraction of sp³-hybridized carbons (Fsp3) is 0.0455. The van der Waals surface area contributed by atoms with Gasteiger partial charge in [0.25, 0.3) is 11.6 Å². The van der Waals surface area contributed by atoms with E-state index < -0.39 is 16.8 Å². The summed E-state index contributed by atoms with van der Waals surface area (Å²) in [4.78, 5) is 34.3. The van der Waals surface area contributed by atoms with Gasteiger partial charge < -0.3 is 9.47 Å². The van der Waals surface area contributed by atoms with Crippen LogP contribution in [0.3, 0.4) is 0 Å². The van der Waals surface area contributed by atoms with E-state index in [9.17, 15) is 19.7 Å². The molecule has 11 heteroatoms. The lowest BCUT2D eigenvalue weighted by molar-refractivity contribution is -0.384. The maximum absolute atomic E-state index is 12.2. The lowest BCUT2D eigenvalue weighted by atomic mass is 10.2. The van der Waals surface area contributed by atoms with Gasteiger partial charge in [-0.2, -0.15) is 5.10 Å². The summed E-state index contributed by atoms with van der Waals surface area (Å²) in [6.45, 7) is -0.336. The molecule has 0 spiro atoms. The summed E-state index contributed by atoms with van der Waals surface area (Å²) in [5.74, 6) is -0.363. The molecule has 1 amide bonds. The largest absolute Gasteiger partial charge is 0.483 e. The molecule has 0 aliphatic rings. The molecule has 33 heavy (non-hydrogen) atoms. The van der Waals surface area contributed by atoms with Crippen LogP contribution in [0.4, 0.5) is 5.69 Å². The second kappa shape index (κ2) is 11.3. The van der Waals surface area contributed by atoms with E-state index in [1.54, 1.807) is 48.5 Å². The zero-order chi connectivity index (χ0) is 23.8. The van der Waals surface area contributed by atoms with E-state index in [4.69, 9.17) is 9.47 Å². The topological polar surface area (TPSA) is 120 Å². The van der Waals surface area contributed by atoms with Crippen LogP contribution in [0.2, 0.25) is 0 Å². The smallest absolute Gasteiger partial charge is 0.344 e. The molecule has 3 aromatic carbocycles. The van der Waals surface area contributed by atoms with Crippen LogP contribution in [0, 0.1) is 10.1 Å². The van der Waals surface area contributed by atoms with E-state index in [0.29, 0.717) is 25.8 Å². The molecule has 0 atom stereocenters. The Hall–Kier alpha value is -3.57. The first-order chi connectivity index (χ1) is 15.8. The third-order valence-electron chi connectivity index (χ3n) is 4.07. The van der Waals surface area contributed by atoms with E-state index in [0.717, 1.165) is 0 Å². The Morgan fingerprint density at radius 3 is 2.42 bits per heavy atom. The van der Waals surface area contributed by atoms with Crippen LogP contribution in [0.25, 0.3) is 0 Å². The van der Waals surface area contributed by atoms with Crippen molar-refractivity contribution in [1.29, 1.82) is 0 Å². The molecule has 0 bridgehead atoms. The van der Waals surface area contributed by atoms with Gasteiger partial charge in [-0.1, -0.05) is 12.1 Å². The van der Waals surface area contributed by atoms with E-state index >= 15 is 0 Å². The van der Waals surface area contributed by atoms with Crippen molar-refractivity contribution in [2.75, 3.05) is 6.61 Å². The molecule has 0 saturated heterocycles. The summed E-state index contributed by atoms with van der Waals surface area (Å²) < 4.78 is 11.7. The van der Waals surface area contributed by atoms with Gasteiger partial charge in [-0.15, -0.1) is 0 Å². The maximum atomic E-state index is 12.2. The number of nitrogens with one attached hydrogen (secondary N) is 1. The third kappa shape index (κ3) is 6.96. The molecule has 3 aromatic rings. The number of hydrazone groups is 1. The Labute approximate surface area is 204 Å². The highest BCUT2D eigenvalue weighted by Gasteiger charge is 2.12. The van der Waals surface area contributed by atoms with Crippen LogP contribution in [-0.2, 0) is 4.79 Å². The Morgan fingerprint density at radius 2 is 1.76 bits per heavy atom. The first-order valence-corrected chi connectivity index (χ1v) is 10.9.